The Kier molecular flexibility index (Phi) is 6.60. The highest BCUT2D eigenvalue weighted by molar-refractivity contribution is 6.07. The minimum absolute atomic E-state index is 0.0486. The van der Waals surface area contributed by atoms with E-state index in [4.69, 9.17) is 5.73 Å². The molecule has 0 bridgehead atoms. The molecule has 3 aromatic carbocycles. The number of aromatic hydroxyl groups is 2. The van der Waals surface area contributed by atoms with E-state index >= 15 is 0 Å². The maximum Gasteiger partial charge on any atom is 0.259 e. The molecule has 7 nitrogen and oxygen atoms in total. The summed E-state index contributed by atoms with van der Waals surface area (Å²) < 4.78 is 0. The normalized spacial score (nSPS) is 14.2. The standard InChI is InChI=1S/C26H27N3O4/c27-16-17-4-1-5-19(14-17)18-10-12-29(13-11-18)26(33)20-6-2-7-21(15-20)28-25(32)22-8-3-9-23(30)24(22)31/h1-9,14-15,18,30-31H,10-13,16,27H2,(H,28,32). The topological polar surface area (TPSA) is 116 Å². The number of anilines is 1. The molecule has 4 rings (SSSR count). The molecule has 0 aromatic heterocycles. The number of carbonyl (C=O) groups excluding carboxylic acids is 2. The number of amides is 2. The lowest BCUT2D eigenvalue weighted by molar-refractivity contribution is 0.0712. The fraction of sp³-hybridized carbons (Fsp3) is 0.231. The van der Waals surface area contributed by atoms with E-state index in [1.54, 1.807) is 24.3 Å². The third kappa shape index (κ3) is 4.99. The van der Waals surface area contributed by atoms with Gasteiger partial charge in [-0.25, -0.2) is 0 Å². The quantitative estimate of drug-likeness (QED) is 0.446. The summed E-state index contributed by atoms with van der Waals surface area (Å²) in [5, 5.41) is 22.2. The Balaban J connectivity index is 1.41. The van der Waals surface area contributed by atoms with E-state index < -0.39 is 11.7 Å². The van der Waals surface area contributed by atoms with Crippen LogP contribution in [-0.2, 0) is 6.54 Å². The van der Waals surface area contributed by atoms with E-state index in [0.29, 0.717) is 36.8 Å². The number of likely N-dealkylation sites (tertiary alicyclic amines) is 1. The lowest BCUT2D eigenvalue weighted by Gasteiger charge is -2.32. The number of rotatable bonds is 5. The molecule has 1 aliphatic rings. The Morgan fingerprint density at radius 2 is 1.70 bits per heavy atom. The summed E-state index contributed by atoms with van der Waals surface area (Å²) in [6.45, 7) is 1.83. The summed E-state index contributed by atoms with van der Waals surface area (Å²) >= 11 is 0. The number of hydrogen-bond donors (Lipinski definition) is 4. The first kappa shape index (κ1) is 22.4. The van der Waals surface area contributed by atoms with Crippen molar-refractivity contribution >= 4 is 17.5 Å². The van der Waals surface area contributed by atoms with Gasteiger partial charge in [0.05, 0.1) is 5.56 Å². The zero-order valence-electron chi connectivity index (χ0n) is 18.2. The molecule has 170 valence electrons. The zero-order chi connectivity index (χ0) is 23.4. The molecule has 7 heteroatoms. The second kappa shape index (κ2) is 9.75. The van der Waals surface area contributed by atoms with Crippen LogP contribution in [0.25, 0.3) is 0 Å². The Morgan fingerprint density at radius 1 is 0.970 bits per heavy atom. The summed E-state index contributed by atoms with van der Waals surface area (Å²) in [5.74, 6) is -1.11. The lowest BCUT2D eigenvalue weighted by atomic mass is 9.88. The van der Waals surface area contributed by atoms with Crippen LogP contribution in [0.15, 0.2) is 66.7 Å². The number of piperidine rings is 1. The van der Waals surface area contributed by atoms with Gasteiger partial charge in [0.15, 0.2) is 11.5 Å². The number of nitrogens with one attached hydrogen (secondary N) is 1. The maximum absolute atomic E-state index is 13.1. The predicted molar refractivity (Wildman–Crippen MR) is 126 cm³/mol. The Hall–Kier alpha value is -3.84. The van der Waals surface area contributed by atoms with Gasteiger partial charge in [-0.1, -0.05) is 36.4 Å². The molecule has 0 saturated carbocycles. The first-order chi connectivity index (χ1) is 16.0. The van der Waals surface area contributed by atoms with Crippen molar-refractivity contribution < 1.29 is 19.8 Å². The van der Waals surface area contributed by atoms with Gasteiger partial charge in [0.25, 0.3) is 11.8 Å². The fourth-order valence-corrected chi connectivity index (χ4v) is 4.22. The second-order valence-electron chi connectivity index (χ2n) is 8.22. The zero-order valence-corrected chi connectivity index (χ0v) is 18.2. The molecule has 0 atom stereocenters. The molecule has 2 amide bonds. The predicted octanol–water partition coefficient (Wildman–Crippen LogP) is 3.83. The van der Waals surface area contributed by atoms with Crippen LogP contribution in [-0.4, -0.2) is 40.0 Å². The third-order valence-corrected chi connectivity index (χ3v) is 6.07. The number of hydrogen-bond acceptors (Lipinski definition) is 5. The van der Waals surface area contributed by atoms with Gasteiger partial charge in [-0.2, -0.15) is 0 Å². The van der Waals surface area contributed by atoms with Gasteiger partial charge < -0.3 is 26.2 Å². The van der Waals surface area contributed by atoms with Crippen LogP contribution in [0.3, 0.4) is 0 Å². The highest BCUT2D eigenvalue weighted by Gasteiger charge is 2.25. The highest BCUT2D eigenvalue weighted by atomic mass is 16.3. The smallest absolute Gasteiger partial charge is 0.259 e. The largest absolute Gasteiger partial charge is 0.504 e. The number of phenolic OH excluding ortho intramolecular Hbond substituents is 2. The summed E-state index contributed by atoms with van der Waals surface area (Å²) in [4.78, 5) is 27.4. The maximum atomic E-state index is 13.1. The number of carbonyl (C=O) groups is 2. The van der Waals surface area contributed by atoms with Crippen LogP contribution in [0.1, 0.15) is 50.6 Å². The Morgan fingerprint density at radius 3 is 2.45 bits per heavy atom. The Labute approximate surface area is 192 Å². The third-order valence-electron chi connectivity index (χ3n) is 6.07. The minimum Gasteiger partial charge on any atom is -0.504 e. The average molecular weight is 446 g/mol. The molecule has 0 radical (unpaired) electrons. The molecule has 33 heavy (non-hydrogen) atoms. The molecule has 1 fully saturated rings. The first-order valence-electron chi connectivity index (χ1n) is 11.0. The minimum atomic E-state index is -0.575. The molecular weight excluding hydrogens is 418 g/mol. The van der Waals surface area contributed by atoms with Crippen molar-refractivity contribution in [2.75, 3.05) is 18.4 Å². The number of nitrogens with zero attached hydrogens (tertiary/aromatic N) is 1. The van der Waals surface area contributed by atoms with E-state index in [2.05, 4.69) is 17.4 Å². The second-order valence-corrected chi connectivity index (χ2v) is 8.22. The van der Waals surface area contributed by atoms with E-state index in [1.165, 1.54) is 23.8 Å². The molecule has 0 unspecified atom stereocenters. The molecule has 3 aromatic rings. The number of benzene rings is 3. The number of para-hydroxylation sites is 1. The van der Waals surface area contributed by atoms with Gasteiger partial charge in [-0.3, -0.25) is 9.59 Å². The molecule has 1 saturated heterocycles. The number of nitrogens with two attached hydrogens (primary N) is 1. The van der Waals surface area contributed by atoms with Crippen LogP contribution in [0, 0.1) is 0 Å². The molecule has 1 heterocycles. The summed E-state index contributed by atoms with van der Waals surface area (Å²) in [6, 6.07) is 19.2. The van der Waals surface area contributed by atoms with Crippen LogP contribution >= 0.6 is 0 Å². The van der Waals surface area contributed by atoms with Crippen molar-refractivity contribution in [2.24, 2.45) is 5.73 Å². The first-order valence-corrected chi connectivity index (χ1v) is 11.0. The molecule has 1 aliphatic heterocycles. The monoisotopic (exact) mass is 445 g/mol. The van der Waals surface area contributed by atoms with Gasteiger partial charge >= 0.3 is 0 Å². The van der Waals surface area contributed by atoms with Crippen LogP contribution in [0.4, 0.5) is 5.69 Å². The summed E-state index contributed by atoms with van der Waals surface area (Å²) in [7, 11) is 0. The van der Waals surface area contributed by atoms with Gasteiger partial charge in [0.2, 0.25) is 0 Å². The van der Waals surface area contributed by atoms with Gasteiger partial charge in [-0.15, -0.1) is 0 Å². The van der Waals surface area contributed by atoms with Crippen molar-refractivity contribution in [3.8, 4) is 11.5 Å². The highest BCUT2D eigenvalue weighted by Crippen LogP contribution is 2.30. The van der Waals surface area contributed by atoms with Crippen molar-refractivity contribution in [3.63, 3.8) is 0 Å². The van der Waals surface area contributed by atoms with Gasteiger partial charge in [0, 0.05) is 30.9 Å². The molecule has 5 N–H and O–H groups in total. The lowest BCUT2D eigenvalue weighted by Crippen LogP contribution is -2.38. The van der Waals surface area contributed by atoms with E-state index in [9.17, 15) is 19.8 Å². The summed E-state index contributed by atoms with van der Waals surface area (Å²) in [5.41, 5.74) is 9.01. The van der Waals surface area contributed by atoms with E-state index in [-0.39, 0.29) is 17.2 Å². The molecule has 0 spiro atoms. The van der Waals surface area contributed by atoms with Gasteiger partial charge in [0.1, 0.15) is 0 Å². The SMILES string of the molecule is NCc1cccc(C2CCN(C(=O)c3cccc(NC(=O)c4cccc(O)c4O)c3)CC2)c1. The van der Waals surface area contributed by atoms with Crippen LogP contribution in [0.5, 0.6) is 11.5 Å². The fourth-order valence-electron chi connectivity index (χ4n) is 4.22. The Bertz CT molecular complexity index is 1170. The average Bonchev–Trinajstić information content (AvgIpc) is 2.85. The van der Waals surface area contributed by atoms with Crippen molar-refractivity contribution in [1.29, 1.82) is 0 Å². The molecule has 0 aliphatic carbocycles. The van der Waals surface area contributed by atoms with Crippen LogP contribution in [0.2, 0.25) is 0 Å². The van der Waals surface area contributed by atoms with Crippen molar-refractivity contribution in [2.45, 2.75) is 25.3 Å². The molecular formula is C26H27N3O4. The van der Waals surface area contributed by atoms with Crippen LogP contribution < -0.4 is 11.1 Å². The van der Waals surface area contributed by atoms with E-state index in [1.807, 2.05) is 17.0 Å². The van der Waals surface area contributed by atoms with Gasteiger partial charge in [-0.05, 0) is 60.2 Å². The summed E-state index contributed by atoms with van der Waals surface area (Å²) in [6.07, 6.45) is 1.76. The van der Waals surface area contributed by atoms with Crippen molar-refractivity contribution in [1.82, 2.24) is 4.90 Å². The van der Waals surface area contributed by atoms with E-state index in [0.717, 1.165) is 18.4 Å². The van der Waals surface area contributed by atoms with Crippen molar-refractivity contribution in [3.05, 3.63) is 89.0 Å². The number of phenols is 2.